The second-order valence-electron chi connectivity index (χ2n) is 5.01. The van der Waals surface area contributed by atoms with Gasteiger partial charge < -0.3 is 14.8 Å². The zero-order valence-electron chi connectivity index (χ0n) is 12.4. The van der Waals surface area contributed by atoms with Gasteiger partial charge >= 0.3 is 0 Å². The van der Waals surface area contributed by atoms with E-state index in [1.165, 1.54) is 0 Å². The minimum Gasteiger partial charge on any atom is -0.464 e. The Labute approximate surface area is 136 Å². The molecule has 0 fully saturated rings. The zero-order chi connectivity index (χ0) is 16.2. The van der Waals surface area contributed by atoms with Gasteiger partial charge in [0.25, 0.3) is 5.91 Å². The van der Waals surface area contributed by atoms with Crippen molar-refractivity contribution in [3.63, 3.8) is 0 Å². The van der Waals surface area contributed by atoms with E-state index in [2.05, 4.69) is 14.9 Å². The minimum absolute atomic E-state index is 0.121. The van der Waals surface area contributed by atoms with Gasteiger partial charge in [0.05, 0.1) is 18.1 Å². The van der Waals surface area contributed by atoms with Crippen molar-refractivity contribution in [2.45, 2.75) is 13.0 Å². The van der Waals surface area contributed by atoms with Crippen LogP contribution >= 0.6 is 11.5 Å². The van der Waals surface area contributed by atoms with Gasteiger partial charge in [-0.05, 0) is 36.2 Å². The summed E-state index contributed by atoms with van der Waals surface area (Å²) < 4.78 is 9.04. The molecule has 1 atom stereocenters. The smallest absolute Gasteiger partial charge is 0.265 e. The summed E-state index contributed by atoms with van der Waals surface area (Å²) in [7, 11) is 0. The predicted octanol–water partition coefficient (Wildman–Crippen LogP) is 2.57. The molecule has 0 bridgehead atoms. The van der Waals surface area contributed by atoms with E-state index in [0.717, 1.165) is 28.4 Å². The zero-order valence-corrected chi connectivity index (χ0v) is 13.2. The Morgan fingerprint density at radius 2 is 2.13 bits per heavy atom. The molecule has 0 saturated carbocycles. The first-order valence-electron chi connectivity index (χ1n) is 7.04. The number of hydrogen-bond donors (Lipinski definition) is 2. The van der Waals surface area contributed by atoms with Gasteiger partial charge in [0, 0.05) is 12.1 Å². The number of aliphatic hydroxyl groups excluding tert-OH is 1. The van der Waals surface area contributed by atoms with Crippen molar-refractivity contribution >= 4 is 17.4 Å². The highest BCUT2D eigenvalue weighted by Crippen LogP contribution is 2.22. The molecule has 0 unspecified atom stereocenters. The monoisotopic (exact) mass is 329 g/mol. The molecule has 118 valence electrons. The lowest BCUT2D eigenvalue weighted by Crippen LogP contribution is -2.28. The van der Waals surface area contributed by atoms with E-state index >= 15 is 0 Å². The average molecular weight is 329 g/mol. The van der Waals surface area contributed by atoms with Crippen molar-refractivity contribution in [2.24, 2.45) is 0 Å². The van der Waals surface area contributed by atoms with Crippen LogP contribution in [0, 0.1) is 6.92 Å². The van der Waals surface area contributed by atoms with Crippen LogP contribution in [0.5, 0.6) is 0 Å². The summed E-state index contributed by atoms with van der Waals surface area (Å²) >= 11 is 1.04. The van der Waals surface area contributed by atoms with E-state index in [4.69, 9.17) is 4.42 Å². The van der Waals surface area contributed by atoms with Gasteiger partial charge in [-0.2, -0.15) is 0 Å². The number of aliphatic hydroxyl groups is 1. The van der Waals surface area contributed by atoms with Gasteiger partial charge in [0.1, 0.15) is 10.6 Å². The van der Waals surface area contributed by atoms with E-state index in [9.17, 15) is 9.90 Å². The third-order valence-corrected chi connectivity index (χ3v) is 4.24. The molecule has 3 aromatic rings. The average Bonchev–Trinajstić information content (AvgIpc) is 3.24. The summed E-state index contributed by atoms with van der Waals surface area (Å²) in [6, 6.07) is 11.1. The lowest BCUT2D eigenvalue weighted by molar-refractivity contribution is 0.0919. The number of benzene rings is 1. The normalized spacial score (nSPS) is 12.1. The molecule has 0 aliphatic heterocycles. The number of carbonyl (C=O) groups excluding carboxylic acids is 1. The second-order valence-corrected chi connectivity index (χ2v) is 5.77. The number of rotatable bonds is 5. The number of hydrogen-bond acceptors (Lipinski definition) is 6. The summed E-state index contributed by atoms with van der Waals surface area (Å²) in [5.74, 6) is 0.497. The van der Waals surface area contributed by atoms with E-state index in [-0.39, 0.29) is 12.5 Å². The second kappa shape index (κ2) is 6.72. The van der Waals surface area contributed by atoms with Crippen molar-refractivity contribution in [1.82, 2.24) is 14.9 Å². The fourth-order valence-electron chi connectivity index (χ4n) is 2.14. The summed E-state index contributed by atoms with van der Waals surface area (Å²) in [5, 5.41) is 16.7. The van der Waals surface area contributed by atoms with Crippen LogP contribution in [0.4, 0.5) is 0 Å². The summed E-state index contributed by atoms with van der Waals surface area (Å²) in [5.41, 5.74) is 2.24. The van der Waals surface area contributed by atoms with Crippen LogP contribution in [0.25, 0.3) is 11.3 Å². The molecule has 1 aromatic carbocycles. The Kier molecular flexibility index (Phi) is 4.50. The first-order chi connectivity index (χ1) is 11.1. The van der Waals surface area contributed by atoms with E-state index in [0.29, 0.717) is 10.6 Å². The van der Waals surface area contributed by atoms with Crippen molar-refractivity contribution in [3.05, 3.63) is 58.8 Å². The molecule has 2 N–H and O–H groups in total. The Bertz CT molecular complexity index is 781. The Hall–Kier alpha value is -2.51. The van der Waals surface area contributed by atoms with E-state index in [1.54, 1.807) is 13.2 Å². The fraction of sp³-hybridized carbons (Fsp3) is 0.188. The van der Waals surface area contributed by atoms with Crippen LogP contribution in [0.3, 0.4) is 0 Å². The van der Waals surface area contributed by atoms with Gasteiger partial charge in [-0.25, -0.2) is 0 Å². The van der Waals surface area contributed by atoms with Gasteiger partial charge in [0.15, 0.2) is 0 Å². The molecule has 2 heterocycles. The lowest BCUT2D eigenvalue weighted by Gasteiger charge is -2.12. The van der Waals surface area contributed by atoms with Gasteiger partial charge in [-0.3, -0.25) is 4.79 Å². The van der Waals surface area contributed by atoms with Crippen molar-refractivity contribution < 1.29 is 14.3 Å². The predicted molar refractivity (Wildman–Crippen MR) is 86.1 cm³/mol. The molecule has 0 radical (unpaired) electrons. The quantitative estimate of drug-likeness (QED) is 0.751. The van der Waals surface area contributed by atoms with E-state index in [1.807, 2.05) is 36.4 Å². The van der Waals surface area contributed by atoms with Crippen LogP contribution in [-0.4, -0.2) is 27.1 Å². The SMILES string of the molecule is Cc1nnsc1C(=O)NC[C@H](O)c1ccc(-c2ccco2)cc1. The van der Waals surface area contributed by atoms with Crippen molar-refractivity contribution in [3.8, 4) is 11.3 Å². The number of aromatic nitrogens is 2. The highest BCUT2D eigenvalue weighted by atomic mass is 32.1. The van der Waals surface area contributed by atoms with Crippen molar-refractivity contribution in [2.75, 3.05) is 6.54 Å². The highest BCUT2D eigenvalue weighted by Gasteiger charge is 2.15. The molecule has 7 heteroatoms. The third-order valence-electron chi connectivity index (χ3n) is 3.41. The number of nitrogens with zero attached hydrogens (tertiary/aromatic N) is 2. The maximum atomic E-state index is 12.0. The lowest BCUT2D eigenvalue weighted by atomic mass is 10.1. The van der Waals surface area contributed by atoms with Gasteiger partial charge in [-0.15, -0.1) is 5.10 Å². The summed E-state index contributed by atoms with van der Waals surface area (Å²) in [6.45, 7) is 1.85. The minimum atomic E-state index is -0.786. The molecule has 2 aromatic heterocycles. The Balaban J connectivity index is 1.61. The maximum absolute atomic E-state index is 12.0. The number of nitrogens with one attached hydrogen (secondary N) is 1. The Morgan fingerprint density at radius 3 is 2.74 bits per heavy atom. The van der Waals surface area contributed by atoms with Gasteiger partial charge in [-0.1, -0.05) is 28.8 Å². The largest absolute Gasteiger partial charge is 0.464 e. The first-order valence-corrected chi connectivity index (χ1v) is 7.81. The van der Waals surface area contributed by atoms with E-state index < -0.39 is 6.10 Å². The summed E-state index contributed by atoms with van der Waals surface area (Å²) in [4.78, 5) is 12.4. The molecule has 3 rings (SSSR count). The van der Waals surface area contributed by atoms with Crippen LogP contribution in [0.2, 0.25) is 0 Å². The third kappa shape index (κ3) is 3.46. The highest BCUT2D eigenvalue weighted by molar-refractivity contribution is 7.07. The van der Waals surface area contributed by atoms with Crippen molar-refractivity contribution in [1.29, 1.82) is 0 Å². The summed E-state index contributed by atoms with van der Waals surface area (Å²) in [6.07, 6.45) is 0.829. The number of furan rings is 1. The molecule has 0 aliphatic rings. The Morgan fingerprint density at radius 1 is 1.35 bits per heavy atom. The standard InChI is InChI=1S/C16H15N3O3S/c1-10-15(23-19-18-10)16(21)17-9-13(20)11-4-6-12(7-5-11)14-3-2-8-22-14/h2-8,13,20H,9H2,1H3,(H,17,21)/t13-/m0/s1. The maximum Gasteiger partial charge on any atom is 0.265 e. The molecule has 1 amide bonds. The molecule has 0 spiro atoms. The number of amides is 1. The van der Waals surface area contributed by atoms with Crippen LogP contribution in [0.1, 0.15) is 27.0 Å². The molecule has 0 aliphatic carbocycles. The topological polar surface area (TPSA) is 88.2 Å². The van der Waals surface area contributed by atoms with Crippen LogP contribution in [0.15, 0.2) is 47.1 Å². The molecular weight excluding hydrogens is 314 g/mol. The number of carbonyl (C=O) groups is 1. The van der Waals surface area contributed by atoms with Gasteiger partial charge in [0.2, 0.25) is 0 Å². The van der Waals surface area contributed by atoms with Crippen LogP contribution in [-0.2, 0) is 0 Å². The molecule has 23 heavy (non-hydrogen) atoms. The molecule has 0 saturated heterocycles. The molecular formula is C16H15N3O3S. The van der Waals surface area contributed by atoms with Crippen LogP contribution < -0.4 is 5.32 Å². The fourth-order valence-corrected chi connectivity index (χ4v) is 2.71. The number of aryl methyl sites for hydroxylation is 1. The molecule has 6 nitrogen and oxygen atoms in total. The first kappa shape index (κ1) is 15.4.